The van der Waals surface area contributed by atoms with Crippen molar-refractivity contribution in [2.24, 2.45) is 0 Å². The molecule has 0 fully saturated rings. The first-order chi connectivity index (χ1) is 5.95. The first-order valence-corrected chi connectivity index (χ1v) is 3.30. The van der Waals surface area contributed by atoms with E-state index >= 15 is 0 Å². The fraction of sp³-hybridized carbons (Fsp3) is 0.429. The lowest BCUT2D eigenvalue weighted by atomic mass is 10.3. The predicted molar refractivity (Wildman–Crippen MR) is 43.2 cm³/mol. The van der Waals surface area contributed by atoms with Crippen molar-refractivity contribution in [3.8, 4) is 0 Å². The van der Waals surface area contributed by atoms with Gasteiger partial charge in [0.05, 0.1) is 0 Å². The van der Waals surface area contributed by atoms with Crippen LogP contribution in [0, 0.1) is 0 Å². The van der Waals surface area contributed by atoms with E-state index in [0.717, 1.165) is 0 Å². The maximum absolute atomic E-state index is 9.79. The van der Waals surface area contributed by atoms with Crippen molar-refractivity contribution >= 4 is 11.9 Å². The second-order valence-electron chi connectivity index (χ2n) is 1.93. The molecule has 0 bridgehead atoms. The third-order valence-corrected chi connectivity index (χ3v) is 0.810. The Balaban J connectivity index is 0. The van der Waals surface area contributed by atoms with Gasteiger partial charge in [-0.3, -0.25) is 0 Å². The number of carboxylic acids is 2. The predicted octanol–water partition coefficient (Wildman–Crippen LogP) is -0.929. The number of aliphatic carboxylic acids is 2. The maximum atomic E-state index is 9.79. The van der Waals surface area contributed by atoms with E-state index in [0.29, 0.717) is 0 Å². The highest BCUT2D eigenvalue weighted by Gasteiger charge is 2.08. The van der Waals surface area contributed by atoms with Gasteiger partial charge in [-0.25, -0.2) is 9.59 Å². The molecule has 0 aromatic rings. The summed E-state index contributed by atoms with van der Waals surface area (Å²) >= 11 is 0. The van der Waals surface area contributed by atoms with E-state index in [-0.39, 0.29) is 6.42 Å². The van der Waals surface area contributed by atoms with Gasteiger partial charge in [-0.2, -0.15) is 0 Å². The van der Waals surface area contributed by atoms with Gasteiger partial charge in [-0.1, -0.05) is 6.08 Å². The summed E-state index contributed by atoms with van der Waals surface area (Å²) in [6, 6.07) is 0. The normalized spacial score (nSPS) is 10.6. The first-order valence-electron chi connectivity index (χ1n) is 3.30. The summed E-state index contributed by atoms with van der Waals surface area (Å²) in [5.41, 5.74) is 0. The Morgan fingerprint density at radius 1 is 1.38 bits per heavy atom. The van der Waals surface area contributed by atoms with Crippen LogP contribution in [-0.2, 0) is 9.59 Å². The Morgan fingerprint density at radius 3 is 1.85 bits per heavy atom. The molecule has 6 heteroatoms. The van der Waals surface area contributed by atoms with Gasteiger partial charge in [0, 0.05) is 6.42 Å². The minimum absolute atomic E-state index is 0.106. The van der Waals surface area contributed by atoms with Crippen molar-refractivity contribution in [3.05, 3.63) is 12.7 Å². The van der Waals surface area contributed by atoms with Crippen LogP contribution < -0.4 is 0 Å². The zero-order valence-corrected chi connectivity index (χ0v) is 6.88. The highest BCUT2D eigenvalue weighted by Crippen LogP contribution is 1.89. The van der Waals surface area contributed by atoms with Crippen LogP contribution in [0.4, 0.5) is 0 Å². The number of hydrogen-bond donors (Lipinski definition) is 4. The molecule has 0 heterocycles. The largest absolute Gasteiger partial charge is 0.480 e. The van der Waals surface area contributed by atoms with E-state index < -0.39 is 24.6 Å². The Bertz CT molecular complexity index is 176. The zero-order valence-electron chi connectivity index (χ0n) is 6.88. The van der Waals surface area contributed by atoms with Crippen LogP contribution in [-0.4, -0.2) is 45.1 Å². The molecule has 0 aromatic heterocycles. The molecule has 0 amide bonds. The van der Waals surface area contributed by atoms with Crippen molar-refractivity contribution < 1.29 is 30.0 Å². The summed E-state index contributed by atoms with van der Waals surface area (Å²) in [7, 11) is 0. The molecule has 1 atom stereocenters. The molecule has 0 aliphatic carbocycles. The Kier molecular flexibility index (Phi) is 9.46. The minimum Gasteiger partial charge on any atom is -0.480 e. The summed E-state index contributed by atoms with van der Waals surface area (Å²) in [4.78, 5) is 18.9. The molecule has 76 valence electrons. The van der Waals surface area contributed by atoms with Gasteiger partial charge in [0.15, 0.2) is 6.10 Å². The molecule has 0 saturated heterocycles. The standard InChI is InChI=1S/C5H8O3.C2H4O3/c1-2-3-4(6)5(7)8;3-1-2(4)5/h2,4,6H,1,3H2,(H,7,8);3H,1H2,(H,4,5). The zero-order chi connectivity index (χ0) is 10.9. The fourth-order valence-electron chi connectivity index (χ4n) is 0.259. The van der Waals surface area contributed by atoms with Crippen molar-refractivity contribution in [1.82, 2.24) is 0 Å². The molecular formula is C7H12O6. The highest BCUT2D eigenvalue weighted by atomic mass is 16.4. The molecule has 4 N–H and O–H groups in total. The van der Waals surface area contributed by atoms with Gasteiger partial charge in [0.1, 0.15) is 6.61 Å². The van der Waals surface area contributed by atoms with Gasteiger partial charge in [0.25, 0.3) is 0 Å². The second-order valence-corrected chi connectivity index (χ2v) is 1.93. The molecule has 0 saturated carbocycles. The average Bonchev–Trinajstić information content (AvgIpc) is 2.06. The van der Waals surface area contributed by atoms with Gasteiger partial charge in [-0.05, 0) is 0 Å². The SMILES string of the molecule is C=CCC(O)C(=O)O.O=C(O)CO. The summed E-state index contributed by atoms with van der Waals surface area (Å²) in [5, 5.41) is 31.5. The minimum atomic E-state index is -1.28. The van der Waals surface area contributed by atoms with E-state index in [2.05, 4.69) is 6.58 Å². The van der Waals surface area contributed by atoms with Crippen LogP contribution in [0.25, 0.3) is 0 Å². The van der Waals surface area contributed by atoms with Crippen molar-refractivity contribution in [3.63, 3.8) is 0 Å². The average molecular weight is 192 g/mol. The van der Waals surface area contributed by atoms with E-state index in [1.165, 1.54) is 6.08 Å². The number of carbonyl (C=O) groups is 2. The Morgan fingerprint density at radius 2 is 1.77 bits per heavy atom. The van der Waals surface area contributed by atoms with E-state index in [1.54, 1.807) is 0 Å². The second kappa shape index (κ2) is 8.69. The van der Waals surface area contributed by atoms with Crippen LogP contribution in [0.2, 0.25) is 0 Å². The molecule has 0 rings (SSSR count). The topological polar surface area (TPSA) is 115 Å². The van der Waals surface area contributed by atoms with Crippen LogP contribution in [0.15, 0.2) is 12.7 Å². The highest BCUT2D eigenvalue weighted by molar-refractivity contribution is 5.72. The number of carboxylic acid groups (broad SMARTS) is 2. The van der Waals surface area contributed by atoms with E-state index in [9.17, 15) is 4.79 Å². The lowest BCUT2D eigenvalue weighted by molar-refractivity contribution is -0.146. The maximum Gasteiger partial charge on any atom is 0.332 e. The molecule has 0 aromatic carbocycles. The summed E-state index contributed by atoms with van der Waals surface area (Å²) in [5.74, 6) is -2.39. The molecule has 0 radical (unpaired) electrons. The van der Waals surface area contributed by atoms with Crippen LogP contribution in [0.5, 0.6) is 0 Å². The van der Waals surface area contributed by atoms with Crippen molar-refractivity contribution in [1.29, 1.82) is 0 Å². The number of aliphatic hydroxyl groups excluding tert-OH is 2. The molecule has 13 heavy (non-hydrogen) atoms. The lowest BCUT2D eigenvalue weighted by Crippen LogP contribution is -2.17. The number of rotatable bonds is 4. The quantitative estimate of drug-likeness (QED) is 0.428. The van der Waals surface area contributed by atoms with Crippen molar-refractivity contribution in [2.45, 2.75) is 12.5 Å². The first kappa shape index (κ1) is 14.1. The van der Waals surface area contributed by atoms with Crippen LogP contribution in [0.3, 0.4) is 0 Å². The fourth-order valence-corrected chi connectivity index (χ4v) is 0.259. The Hall–Kier alpha value is -1.40. The monoisotopic (exact) mass is 192 g/mol. The van der Waals surface area contributed by atoms with E-state index in [1.807, 2.05) is 0 Å². The third-order valence-electron chi connectivity index (χ3n) is 0.810. The Labute approximate surface area is 74.7 Å². The molecule has 1 unspecified atom stereocenters. The molecular weight excluding hydrogens is 180 g/mol. The smallest absolute Gasteiger partial charge is 0.332 e. The van der Waals surface area contributed by atoms with Gasteiger partial charge < -0.3 is 20.4 Å². The molecule has 0 aliphatic rings. The molecule has 0 spiro atoms. The number of aliphatic hydroxyl groups is 2. The van der Waals surface area contributed by atoms with Gasteiger partial charge in [0.2, 0.25) is 0 Å². The molecule has 6 nitrogen and oxygen atoms in total. The summed E-state index contributed by atoms with van der Waals surface area (Å²) in [6.45, 7) is 2.48. The van der Waals surface area contributed by atoms with Gasteiger partial charge >= 0.3 is 11.9 Å². The van der Waals surface area contributed by atoms with Crippen molar-refractivity contribution in [2.75, 3.05) is 6.61 Å². The summed E-state index contributed by atoms with van der Waals surface area (Å²) in [6.07, 6.45) is 0.182. The third kappa shape index (κ3) is 13.6. The lowest BCUT2D eigenvalue weighted by Gasteiger charge is -1.97. The van der Waals surface area contributed by atoms with Crippen LogP contribution >= 0.6 is 0 Å². The van der Waals surface area contributed by atoms with Gasteiger partial charge in [-0.15, -0.1) is 6.58 Å². The van der Waals surface area contributed by atoms with E-state index in [4.69, 9.17) is 25.2 Å². The summed E-state index contributed by atoms with van der Waals surface area (Å²) < 4.78 is 0. The van der Waals surface area contributed by atoms with Crippen LogP contribution in [0.1, 0.15) is 6.42 Å². The number of hydrogen-bond acceptors (Lipinski definition) is 4. The molecule has 0 aliphatic heterocycles.